The SMILES string of the molecule is NC(=S)c1ccccc1S(=O)(=O)Nc1nnns1. The smallest absolute Gasteiger partial charge is 0.264 e. The first-order valence-corrected chi connectivity index (χ1v) is 7.24. The van der Waals surface area contributed by atoms with Gasteiger partial charge in [0.2, 0.25) is 5.13 Å². The van der Waals surface area contributed by atoms with E-state index in [1.807, 2.05) is 0 Å². The van der Waals surface area contributed by atoms with Crippen LogP contribution in [0.25, 0.3) is 0 Å². The quantitative estimate of drug-likeness (QED) is 0.785. The molecule has 0 aliphatic carbocycles. The summed E-state index contributed by atoms with van der Waals surface area (Å²) >= 11 is 5.65. The minimum absolute atomic E-state index is 0.00589. The summed E-state index contributed by atoms with van der Waals surface area (Å²) in [5.74, 6) is 0. The van der Waals surface area contributed by atoms with Crippen molar-refractivity contribution < 1.29 is 8.42 Å². The third-order valence-corrected chi connectivity index (χ3v) is 4.22. The summed E-state index contributed by atoms with van der Waals surface area (Å²) < 4.78 is 29.9. The number of rotatable bonds is 4. The molecule has 1 aromatic carbocycles. The Hall–Kier alpha value is -1.65. The maximum absolute atomic E-state index is 12.1. The van der Waals surface area contributed by atoms with Gasteiger partial charge in [-0.15, -0.1) is 0 Å². The van der Waals surface area contributed by atoms with Gasteiger partial charge in [0, 0.05) is 17.1 Å². The van der Waals surface area contributed by atoms with E-state index in [4.69, 9.17) is 18.0 Å². The Kier molecular flexibility index (Phi) is 3.50. The number of nitrogens with two attached hydrogens (primary N) is 1. The highest BCUT2D eigenvalue weighted by Gasteiger charge is 2.20. The molecule has 0 bridgehead atoms. The normalized spacial score (nSPS) is 11.1. The zero-order chi connectivity index (χ0) is 13.2. The van der Waals surface area contributed by atoms with Crippen molar-refractivity contribution in [3.05, 3.63) is 29.8 Å². The van der Waals surface area contributed by atoms with Crippen molar-refractivity contribution in [3.8, 4) is 0 Å². The maximum Gasteiger partial charge on any atom is 0.264 e. The Labute approximate surface area is 112 Å². The molecule has 94 valence electrons. The highest BCUT2D eigenvalue weighted by atomic mass is 32.2. The molecule has 18 heavy (non-hydrogen) atoms. The third kappa shape index (κ3) is 2.60. The molecule has 0 unspecified atom stereocenters. The molecule has 3 N–H and O–H groups in total. The summed E-state index contributed by atoms with van der Waals surface area (Å²) in [6, 6.07) is 6.18. The first kappa shape index (κ1) is 12.8. The molecule has 1 aromatic heterocycles. The number of nitrogens with one attached hydrogen (secondary N) is 1. The first-order chi connectivity index (χ1) is 8.50. The molecule has 0 aliphatic rings. The summed E-state index contributed by atoms with van der Waals surface area (Å²) in [6.45, 7) is 0. The molecule has 7 nitrogen and oxygen atoms in total. The number of anilines is 1. The van der Waals surface area contributed by atoms with E-state index in [1.165, 1.54) is 12.1 Å². The number of aromatic nitrogens is 3. The van der Waals surface area contributed by atoms with Gasteiger partial charge in [-0.05, 0) is 11.3 Å². The van der Waals surface area contributed by atoms with Gasteiger partial charge in [0.25, 0.3) is 10.0 Å². The van der Waals surface area contributed by atoms with Gasteiger partial charge >= 0.3 is 0 Å². The van der Waals surface area contributed by atoms with Gasteiger partial charge in [0.05, 0.1) is 4.90 Å². The van der Waals surface area contributed by atoms with Gasteiger partial charge in [-0.1, -0.05) is 40.0 Å². The second-order valence-electron chi connectivity index (χ2n) is 3.13. The summed E-state index contributed by atoms with van der Waals surface area (Å²) in [5.41, 5.74) is 5.76. The van der Waals surface area contributed by atoms with Crippen molar-refractivity contribution in [2.45, 2.75) is 4.90 Å². The average Bonchev–Trinajstić information content (AvgIpc) is 2.81. The van der Waals surface area contributed by atoms with Crippen molar-refractivity contribution in [3.63, 3.8) is 0 Å². The van der Waals surface area contributed by atoms with Crippen LogP contribution in [0.1, 0.15) is 5.56 Å². The molecule has 10 heteroatoms. The Morgan fingerprint density at radius 3 is 2.72 bits per heavy atom. The van der Waals surface area contributed by atoms with Crippen molar-refractivity contribution in [1.82, 2.24) is 14.8 Å². The molecule has 1 heterocycles. The first-order valence-electron chi connectivity index (χ1n) is 4.57. The van der Waals surface area contributed by atoms with Gasteiger partial charge in [-0.2, -0.15) is 0 Å². The molecule has 0 amide bonds. The molecule has 0 aliphatic heterocycles. The van der Waals surface area contributed by atoms with E-state index in [9.17, 15) is 8.42 Å². The van der Waals surface area contributed by atoms with Crippen molar-refractivity contribution in [1.29, 1.82) is 0 Å². The van der Waals surface area contributed by atoms with Crippen molar-refractivity contribution in [2.75, 3.05) is 4.72 Å². The largest absolute Gasteiger partial charge is 0.389 e. The molecule has 2 rings (SSSR count). The summed E-state index contributed by atoms with van der Waals surface area (Å²) in [4.78, 5) is -0.000867. The van der Waals surface area contributed by atoms with E-state index in [0.29, 0.717) is 0 Å². The lowest BCUT2D eigenvalue weighted by Gasteiger charge is -2.08. The van der Waals surface area contributed by atoms with Gasteiger partial charge in [-0.3, -0.25) is 4.72 Å². The molecule has 0 spiro atoms. The number of nitrogens with zero attached hydrogens (tertiary/aromatic N) is 3. The van der Waals surface area contributed by atoms with E-state index in [0.717, 1.165) is 11.5 Å². The van der Waals surface area contributed by atoms with Gasteiger partial charge in [0.1, 0.15) is 4.99 Å². The second-order valence-corrected chi connectivity index (χ2v) is 5.96. The molecule has 2 aromatic rings. The standard InChI is InChI=1S/C8H7N5O2S3/c9-7(16)5-3-1-2-4-6(5)18(14,15)11-8-10-12-13-17-8/h1-4H,(H2,9,16)(H,10,11,13). The monoisotopic (exact) mass is 301 g/mol. The van der Waals surface area contributed by atoms with Gasteiger partial charge in [-0.25, -0.2) is 8.42 Å². The van der Waals surface area contributed by atoms with Crippen LogP contribution >= 0.6 is 23.8 Å². The molecule has 0 radical (unpaired) electrons. The predicted octanol–water partition coefficient (Wildman–Crippen LogP) is 0.368. The molecule has 0 fully saturated rings. The number of sulfonamides is 1. The van der Waals surface area contributed by atoms with Gasteiger partial charge < -0.3 is 5.73 Å². The number of benzene rings is 1. The van der Waals surface area contributed by atoms with Crippen molar-refractivity contribution in [2.24, 2.45) is 5.73 Å². The van der Waals surface area contributed by atoms with E-state index in [-0.39, 0.29) is 20.6 Å². The summed E-state index contributed by atoms with van der Waals surface area (Å²) in [7, 11) is -3.81. The minimum Gasteiger partial charge on any atom is -0.389 e. The number of hydrogen-bond acceptors (Lipinski definition) is 7. The van der Waals surface area contributed by atoms with Crippen LogP contribution in [0, 0.1) is 0 Å². The van der Waals surface area contributed by atoms with Crippen LogP contribution in [-0.4, -0.2) is 28.2 Å². The fourth-order valence-corrected chi connectivity index (χ4v) is 3.30. The predicted molar refractivity (Wildman–Crippen MR) is 70.8 cm³/mol. The van der Waals surface area contributed by atoms with Crippen LogP contribution in [0.4, 0.5) is 5.13 Å². The van der Waals surface area contributed by atoms with Crippen LogP contribution in [0.15, 0.2) is 29.2 Å². The van der Waals surface area contributed by atoms with Gasteiger partial charge in [0.15, 0.2) is 0 Å². The van der Waals surface area contributed by atoms with E-state index in [2.05, 4.69) is 19.5 Å². The Bertz CT molecular complexity index is 668. The third-order valence-electron chi connectivity index (χ3n) is 1.96. The van der Waals surface area contributed by atoms with E-state index in [1.54, 1.807) is 12.1 Å². The molecule has 0 saturated carbocycles. The number of thiocarbonyl (C=S) groups is 1. The van der Waals surface area contributed by atoms with Crippen LogP contribution in [-0.2, 0) is 10.0 Å². The maximum atomic E-state index is 12.1. The van der Waals surface area contributed by atoms with E-state index < -0.39 is 10.0 Å². The highest BCUT2D eigenvalue weighted by molar-refractivity contribution is 7.93. The fraction of sp³-hybridized carbons (Fsp3) is 0. The van der Waals surface area contributed by atoms with Crippen molar-refractivity contribution >= 4 is 43.9 Å². The lowest BCUT2D eigenvalue weighted by Crippen LogP contribution is -2.19. The van der Waals surface area contributed by atoms with Crippen LogP contribution in [0.2, 0.25) is 0 Å². The van der Waals surface area contributed by atoms with Crippen LogP contribution < -0.4 is 10.5 Å². The fourth-order valence-electron chi connectivity index (χ4n) is 1.25. The van der Waals surface area contributed by atoms with E-state index >= 15 is 0 Å². The highest BCUT2D eigenvalue weighted by Crippen LogP contribution is 2.19. The zero-order valence-electron chi connectivity index (χ0n) is 8.77. The molecular formula is C8H7N5O2S3. The zero-order valence-corrected chi connectivity index (χ0v) is 11.2. The second kappa shape index (κ2) is 4.92. The average molecular weight is 301 g/mol. The minimum atomic E-state index is -3.81. The molecular weight excluding hydrogens is 294 g/mol. The Balaban J connectivity index is 2.45. The Morgan fingerprint density at radius 2 is 2.11 bits per heavy atom. The lowest BCUT2D eigenvalue weighted by molar-refractivity contribution is 0.601. The lowest BCUT2D eigenvalue weighted by atomic mass is 10.2. The topological polar surface area (TPSA) is 111 Å². The molecule has 0 saturated heterocycles. The number of hydrogen-bond donors (Lipinski definition) is 2. The van der Waals surface area contributed by atoms with Crippen LogP contribution in [0.3, 0.4) is 0 Å². The Morgan fingerprint density at radius 1 is 1.39 bits per heavy atom. The summed E-state index contributed by atoms with van der Waals surface area (Å²) in [6.07, 6.45) is 0. The summed E-state index contributed by atoms with van der Waals surface area (Å²) in [5, 5.41) is 6.88. The molecule has 0 atom stereocenters. The van der Waals surface area contributed by atoms with Crippen LogP contribution in [0.5, 0.6) is 0 Å².